The number of benzene rings is 2. The van der Waals surface area contributed by atoms with E-state index < -0.39 is 11.0 Å². The Balaban J connectivity index is 1.88. The molecule has 0 spiro atoms. The Hall–Kier alpha value is -3.40. The predicted molar refractivity (Wildman–Crippen MR) is 114 cm³/mol. The molecule has 10 heteroatoms. The summed E-state index contributed by atoms with van der Waals surface area (Å²) in [5.74, 6) is 0.679. The van der Waals surface area contributed by atoms with Crippen molar-refractivity contribution in [2.45, 2.75) is 19.9 Å². The summed E-state index contributed by atoms with van der Waals surface area (Å²) in [7, 11) is 1.50. The molecular weight excluding hydrogens is 456 g/mol. The highest BCUT2D eigenvalue weighted by atomic mass is 79.9. The quantitative estimate of drug-likeness (QED) is 0.386. The number of halogens is 1. The highest BCUT2D eigenvalue weighted by molar-refractivity contribution is 9.10. The van der Waals surface area contributed by atoms with Crippen LogP contribution in [0.15, 0.2) is 53.1 Å². The molecule has 3 rings (SSSR count). The maximum absolute atomic E-state index is 12.7. The Labute approximate surface area is 180 Å². The van der Waals surface area contributed by atoms with E-state index in [0.29, 0.717) is 11.5 Å². The van der Waals surface area contributed by atoms with Crippen molar-refractivity contribution in [3.63, 3.8) is 0 Å². The number of nitrogens with zero attached hydrogens (tertiary/aromatic N) is 3. The number of para-hydroxylation sites is 2. The normalized spacial score (nSPS) is 11.6. The predicted octanol–water partition coefficient (Wildman–Crippen LogP) is 4.86. The number of anilines is 1. The van der Waals surface area contributed by atoms with Gasteiger partial charge in [0.2, 0.25) is 5.91 Å². The number of ether oxygens (including phenoxy) is 2. The van der Waals surface area contributed by atoms with Crippen LogP contribution < -0.4 is 14.8 Å². The van der Waals surface area contributed by atoms with Gasteiger partial charge in [-0.25, -0.2) is 0 Å². The van der Waals surface area contributed by atoms with Crippen LogP contribution in [0.2, 0.25) is 0 Å². The summed E-state index contributed by atoms with van der Waals surface area (Å²) in [5.41, 5.74) is 0.801. The van der Waals surface area contributed by atoms with Crippen LogP contribution in [0.3, 0.4) is 0 Å². The van der Waals surface area contributed by atoms with Crippen molar-refractivity contribution in [3.8, 4) is 17.2 Å². The van der Waals surface area contributed by atoms with Gasteiger partial charge in [-0.15, -0.1) is 0 Å². The minimum atomic E-state index is -0.630. The van der Waals surface area contributed by atoms with Crippen molar-refractivity contribution >= 4 is 33.2 Å². The van der Waals surface area contributed by atoms with E-state index >= 15 is 0 Å². The van der Waals surface area contributed by atoms with Crippen molar-refractivity contribution in [1.29, 1.82) is 0 Å². The number of carbonyl (C=O) groups excluding carboxylic acids is 1. The van der Waals surface area contributed by atoms with Crippen molar-refractivity contribution in [3.05, 3.63) is 68.9 Å². The van der Waals surface area contributed by atoms with Gasteiger partial charge in [-0.05, 0) is 41.9 Å². The third-order valence-electron chi connectivity index (χ3n) is 4.40. The van der Waals surface area contributed by atoms with Gasteiger partial charge in [-0.1, -0.05) is 12.1 Å². The molecule has 0 bridgehead atoms. The number of amides is 1. The van der Waals surface area contributed by atoms with Crippen LogP contribution in [0.1, 0.15) is 18.7 Å². The number of hydrogen-bond acceptors (Lipinski definition) is 6. The van der Waals surface area contributed by atoms with E-state index in [0.717, 1.165) is 10.2 Å². The van der Waals surface area contributed by atoms with E-state index in [1.165, 1.54) is 25.3 Å². The Bertz CT molecular complexity index is 1100. The molecule has 0 aliphatic carbocycles. The molecule has 0 saturated heterocycles. The zero-order valence-corrected chi connectivity index (χ0v) is 18.0. The molecule has 3 aromatic rings. The number of non-ortho nitro benzene ring substituents is 1. The molecule has 1 unspecified atom stereocenters. The SMILES string of the molecule is COc1ccccc1Oc1cc(NC(=O)C(C)n2ncc(Br)c2C)cc([N+](=O)[O-])c1. The van der Waals surface area contributed by atoms with Crippen LogP contribution >= 0.6 is 15.9 Å². The second-order valence-corrected chi connectivity index (χ2v) is 7.27. The van der Waals surface area contributed by atoms with Gasteiger partial charge in [-0.2, -0.15) is 5.10 Å². The fourth-order valence-electron chi connectivity index (χ4n) is 2.80. The Morgan fingerprint density at radius 3 is 2.57 bits per heavy atom. The third kappa shape index (κ3) is 4.60. The van der Waals surface area contributed by atoms with Crippen molar-refractivity contribution in [2.75, 3.05) is 12.4 Å². The number of methoxy groups -OCH3 is 1. The highest BCUT2D eigenvalue weighted by Crippen LogP contribution is 2.34. The van der Waals surface area contributed by atoms with E-state index in [1.54, 1.807) is 42.1 Å². The maximum Gasteiger partial charge on any atom is 0.275 e. The van der Waals surface area contributed by atoms with Gasteiger partial charge in [0.05, 0.1) is 40.2 Å². The number of hydrogen-bond donors (Lipinski definition) is 1. The lowest BCUT2D eigenvalue weighted by Crippen LogP contribution is -2.25. The average molecular weight is 475 g/mol. The standard InChI is InChI=1S/C20H19BrN4O5/c1-12-17(21)11-22-24(12)13(2)20(26)23-14-8-15(25(27)28)10-16(9-14)30-19-7-5-4-6-18(19)29-3/h4-11,13H,1-3H3,(H,23,26). The van der Waals surface area contributed by atoms with Gasteiger partial charge in [0, 0.05) is 12.1 Å². The summed E-state index contributed by atoms with van der Waals surface area (Å²) in [5, 5.41) is 18.2. The van der Waals surface area contributed by atoms with Crippen LogP contribution in [0.5, 0.6) is 17.2 Å². The fraction of sp³-hybridized carbons (Fsp3) is 0.200. The van der Waals surface area contributed by atoms with Gasteiger partial charge in [0.15, 0.2) is 11.5 Å². The number of nitro benzene ring substituents is 1. The third-order valence-corrected chi connectivity index (χ3v) is 5.18. The molecule has 0 aliphatic heterocycles. The Morgan fingerprint density at radius 2 is 1.97 bits per heavy atom. The zero-order chi connectivity index (χ0) is 21.8. The lowest BCUT2D eigenvalue weighted by atomic mass is 10.2. The van der Waals surface area contributed by atoms with E-state index in [-0.39, 0.29) is 23.0 Å². The lowest BCUT2D eigenvalue weighted by molar-refractivity contribution is -0.384. The number of aromatic nitrogens is 2. The van der Waals surface area contributed by atoms with E-state index in [9.17, 15) is 14.9 Å². The lowest BCUT2D eigenvalue weighted by Gasteiger charge is -2.15. The molecule has 9 nitrogen and oxygen atoms in total. The fourth-order valence-corrected chi connectivity index (χ4v) is 3.07. The van der Waals surface area contributed by atoms with Gasteiger partial charge in [0.1, 0.15) is 11.8 Å². The molecule has 1 atom stereocenters. The van der Waals surface area contributed by atoms with Crippen LogP contribution in [0, 0.1) is 17.0 Å². The smallest absolute Gasteiger partial charge is 0.275 e. The Kier molecular flexibility index (Phi) is 6.36. The number of nitro groups is 1. The highest BCUT2D eigenvalue weighted by Gasteiger charge is 2.20. The van der Waals surface area contributed by atoms with Gasteiger partial charge in [-0.3, -0.25) is 19.6 Å². The van der Waals surface area contributed by atoms with E-state index in [4.69, 9.17) is 9.47 Å². The first kappa shape index (κ1) is 21.3. The minimum absolute atomic E-state index is 0.190. The number of carbonyl (C=O) groups is 1. The molecule has 1 amide bonds. The minimum Gasteiger partial charge on any atom is -0.493 e. The van der Waals surface area contributed by atoms with Gasteiger partial charge in [0.25, 0.3) is 5.69 Å². The van der Waals surface area contributed by atoms with Crippen LogP contribution in [-0.2, 0) is 4.79 Å². The van der Waals surface area contributed by atoms with Crippen molar-refractivity contribution in [1.82, 2.24) is 9.78 Å². The van der Waals surface area contributed by atoms with Gasteiger partial charge < -0.3 is 14.8 Å². The molecule has 1 heterocycles. The maximum atomic E-state index is 12.7. The molecular formula is C20H19BrN4O5. The summed E-state index contributed by atoms with van der Waals surface area (Å²) >= 11 is 3.36. The number of rotatable bonds is 7. The molecule has 0 saturated carbocycles. The van der Waals surface area contributed by atoms with E-state index in [2.05, 4.69) is 26.3 Å². The second kappa shape index (κ2) is 8.95. The van der Waals surface area contributed by atoms with Crippen LogP contribution in [-0.4, -0.2) is 27.7 Å². The molecule has 156 valence electrons. The van der Waals surface area contributed by atoms with E-state index in [1.807, 2.05) is 6.92 Å². The average Bonchev–Trinajstić information content (AvgIpc) is 3.06. The van der Waals surface area contributed by atoms with Crippen LogP contribution in [0.4, 0.5) is 11.4 Å². The molecule has 30 heavy (non-hydrogen) atoms. The molecule has 0 radical (unpaired) electrons. The summed E-state index contributed by atoms with van der Waals surface area (Å²) in [6, 6.07) is 10.3. The summed E-state index contributed by atoms with van der Waals surface area (Å²) < 4.78 is 13.4. The first-order valence-corrected chi connectivity index (χ1v) is 9.70. The summed E-state index contributed by atoms with van der Waals surface area (Å²) in [4.78, 5) is 23.5. The molecule has 1 aromatic heterocycles. The van der Waals surface area contributed by atoms with Crippen LogP contribution in [0.25, 0.3) is 0 Å². The summed E-state index contributed by atoms with van der Waals surface area (Å²) in [6.07, 6.45) is 1.60. The van der Waals surface area contributed by atoms with Crippen molar-refractivity contribution in [2.24, 2.45) is 0 Å². The second-order valence-electron chi connectivity index (χ2n) is 6.41. The number of nitrogens with one attached hydrogen (secondary N) is 1. The molecule has 0 fully saturated rings. The largest absolute Gasteiger partial charge is 0.493 e. The monoisotopic (exact) mass is 474 g/mol. The first-order valence-electron chi connectivity index (χ1n) is 8.91. The van der Waals surface area contributed by atoms with Gasteiger partial charge >= 0.3 is 0 Å². The topological polar surface area (TPSA) is 109 Å². The van der Waals surface area contributed by atoms with Crippen molar-refractivity contribution < 1.29 is 19.2 Å². The Morgan fingerprint density at radius 1 is 1.27 bits per heavy atom. The first-order chi connectivity index (χ1) is 14.3. The summed E-state index contributed by atoms with van der Waals surface area (Å²) in [6.45, 7) is 3.51. The molecule has 0 aliphatic rings. The zero-order valence-electron chi connectivity index (χ0n) is 16.5. The molecule has 1 N–H and O–H groups in total. The molecule has 2 aromatic carbocycles.